The normalized spacial score (nSPS) is 11.8. The molecular formula is C38H34N2. The molecule has 2 heteroatoms. The van der Waals surface area contributed by atoms with E-state index in [1.54, 1.807) is 0 Å². The number of hydrogen-bond acceptors (Lipinski definition) is 0. The molecule has 2 heterocycles. The highest BCUT2D eigenvalue weighted by atomic mass is 15.0. The zero-order valence-corrected chi connectivity index (χ0v) is 23.3. The van der Waals surface area contributed by atoms with Crippen LogP contribution in [0.3, 0.4) is 0 Å². The van der Waals surface area contributed by atoms with Gasteiger partial charge in [0.05, 0.1) is 16.6 Å². The van der Waals surface area contributed by atoms with E-state index >= 15 is 0 Å². The van der Waals surface area contributed by atoms with Crippen molar-refractivity contribution >= 4 is 49.7 Å². The van der Waals surface area contributed by atoms with Crippen molar-refractivity contribution in [3.63, 3.8) is 0 Å². The zero-order valence-electron chi connectivity index (χ0n) is 23.3. The van der Waals surface area contributed by atoms with Gasteiger partial charge in [-0.3, -0.25) is 0 Å². The Balaban J connectivity index is 1.60. The molecule has 0 radical (unpaired) electrons. The van der Waals surface area contributed by atoms with Gasteiger partial charge < -0.3 is 9.13 Å². The van der Waals surface area contributed by atoms with E-state index in [9.17, 15) is 0 Å². The summed E-state index contributed by atoms with van der Waals surface area (Å²) in [5.74, 6) is 0. The van der Waals surface area contributed by atoms with Crippen LogP contribution in [-0.4, -0.2) is 9.13 Å². The van der Waals surface area contributed by atoms with Gasteiger partial charge in [0.2, 0.25) is 0 Å². The lowest BCUT2D eigenvalue weighted by atomic mass is 10.0. The molecule has 7 rings (SSSR count). The Bertz CT molecular complexity index is 2020. The maximum absolute atomic E-state index is 3.93. The average Bonchev–Trinajstić information content (AvgIpc) is 3.48. The monoisotopic (exact) mass is 518 g/mol. The number of aromatic nitrogens is 2. The molecule has 196 valence electrons. The number of rotatable bonds is 7. The molecule has 5 aromatic carbocycles. The summed E-state index contributed by atoms with van der Waals surface area (Å²) in [5.41, 5.74) is 11.5. The van der Waals surface area contributed by atoms with Gasteiger partial charge in [0, 0.05) is 39.3 Å². The molecular weight excluding hydrogens is 484 g/mol. The first kappa shape index (κ1) is 24.5. The zero-order chi connectivity index (χ0) is 27.2. The van der Waals surface area contributed by atoms with E-state index in [1.807, 2.05) is 6.08 Å². The van der Waals surface area contributed by atoms with E-state index in [0.717, 1.165) is 18.5 Å². The maximum atomic E-state index is 3.93. The smallest absolute Gasteiger partial charge is 0.0596 e. The highest BCUT2D eigenvalue weighted by Gasteiger charge is 2.20. The Kier molecular flexibility index (Phi) is 6.04. The Morgan fingerprint density at radius 2 is 1.45 bits per heavy atom. The van der Waals surface area contributed by atoms with Crippen LogP contribution in [0, 0.1) is 6.92 Å². The minimum absolute atomic E-state index is 0.812. The van der Waals surface area contributed by atoms with E-state index in [4.69, 9.17) is 0 Å². The van der Waals surface area contributed by atoms with Crippen LogP contribution in [0.15, 0.2) is 110 Å². The van der Waals surface area contributed by atoms with Crippen molar-refractivity contribution in [1.82, 2.24) is 9.13 Å². The lowest BCUT2D eigenvalue weighted by molar-refractivity contribution is 0.795. The molecule has 0 aliphatic rings. The Labute approximate surface area is 235 Å². The van der Waals surface area contributed by atoms with Crippen molar-refractivity contribution in [1.29, 1.82) is 0 Å². The van der Waals surface area contributed by atoms with Gasteiger partial charge in [-0.25, -0.2) is 0 Å². The first-order valence-corrected chi connectivity index (χ1v) is 14.4. The lowest BCUT2D eigenvalue weighted by Gasteiger charge is -2.10. The molecule has 0 N–H and O–H groups in total. The molecule has 0 aliphatic heterocycles. The largest absolute Gasteiger partial charge is 0.335 e. The van der Waals surface area contributed by atoms with Crippen molar-refractivity contribution in [2.45, 2.75) is 39.7 Å². The predicted octanol–water partition coefficient (Wildman–Crippen LogP) is 10.2. The summed E-state index contributed by atoms with van der Waals surface area (Å²) in [6.45, 7) is 9.20. The van der Waals surface area contributed by atoms with Crippen LogP contribution in [0.2, 0.25) is 0 Å². The molecule has 0 saturated heterocycles. The first-order valence-electron chi connectivity index (χ1n) is 14.4. The van der Waals surface area contributed by atoms with Gasteiger partial charge >= 0.3 is 0 Å². The molecule has 0 fully saturated rings. The third-order valence-electron chi connectivity index (χ3n) is 8.36. The van der Waals surface area contributed by atoms with Gasteiger partial charge in [0.1, 0.15) is 0 Å². The summed E-state index contributed by atoms with van der Waals surface area (Å²) in [5, 5.41) is 5.28. The molecule has 0 atom stereocenters. The first-order chi connectivity index (χ1) is 19.7. The van der Waals surface area contributed by atoms with Crippen LogP contribution in [0.5, 0.6) is 0 Å². The summed E-state index contributed by atoms with van der Waals surface area (Å²) in [6.07, 6.45) is 5.43. The molecule has 40 heavy (non-hydrogen) atoms. The number of aryl methyl sites for hydroxylation is 2. The van der Waals surface area contributed by atoms with Gasteiger partial charge in [-0.15, -0.1) is 0 Å². The summed E-state index contributed by atoms with van der Waals surface area (Å²) < 4.78 is 5.00. The molecule has 0 saturated carbocycles. The van der Waals surface area contributed by atoms with Crippen LogP contribution < -0.4 is 0 Å². The number of fused-ring (bicyclic) bond motifs is 7. The minimum Gasteiger partial charge on any atom is -0.335 e. The summed E-state index contributed by atoms with van der Waals surface area (Å²) in [7, 11) is 0. The third kappa shape index (κ3) is 3.95. The minimum atomic E-state index is 0.812. The number of nitrogens with zero attached hydrogens (tertiary/aromatic N) is 2. The lowest BCUT2D eigenvalue weighted by Crippen LogP contribution is -2.00. The van der Waals surface area contributed by atoms with E-state index in [1.165, 1.54) is 78.8 Å². The Morgan fingerprint density at radius 1 is 0.700 bits per heavy atom. The number of unbranched alkanes of at least 4 members (excludes halogenated alkanes) is 1. The Hall–Kier alpha value is -4.56. The van der Waals surface area contributed by atoms with Crippen molar-refractivity contribution in [2.75, 3.05) is 0 Å². The van der Waals surface area contributed by atoms with Crippen molar-refractivity contribution in [2.24, 2.45) is 0 Å². The third-order valence-corrected chi connectivity index (χ3v) is 8.36. The average molecular weight is 519 g/mol. The number of para-hydroxylation sites is 1. The second kappa shape index (κ2) is 9.88. The maximum Gasteiger partial charge on any atom is 0.0596 e. The highest BCUT2D eigenvalue weighted by molar-refractivity contribution is 6.25. The predicted molar refractivity (Wildman–Crippen MR) is 173 cm³/mol. The van der Waals surface area contributed by atoms with Crippen molar-refractivity contribution in [3.05, 3.63) is 132 Å². The van der Waals surface area contributed by atoms with E-state index in [-0.39, 0.29) is 0 Å². The van der Waals surface area contributed by atoms with Gasteiger partial charge in [-0.05, 0) is 72.9 Å². The van der Waals surface area contributed by atoms with E-state index < -0.39 is 0 Å². The van der Waals surface area contributed by atoms with Crippen LogP contribution in [-0.2, 0) is 13.0 Å². The topological polar surface area (TPSA) is 9.86 Å². The quantitative estimate of drug-likeness (QED) is 0.199. The molecule has 7 aromatic rings. The molecule has 2 aromatic heterocycles. The molecule has 2 nitrogen and oxygen atoms in total. The van der Waals surface area contributed by atoms with Crippen LogP contribution >= 0.6 is 0 Å². The standard InChI is InChI=1S/C38H34N2/c1-4-6-10-28-18-19-32-36(24-28)40(30-11-8-7-9-12-30)35-22-20-31-33-23-26(3)13-21-34(33)39(38(31)37(32)35)25-29-16-14-27(5-2)15-17-29/h5,7-9,11-24H,2,4,6,10,25H2,1,3H3. The summed E-state index contributed by atoms with van der Waals surface area (Å²) in [4.78, 5) is 0. The fraction of sp³-hybridized carbons (Fsp3) is 0.158. The number of benzene rings is 5. The highest BCUT2D eigenvalue weighted by Crippen LogP contribution is 2.41. The molecule has 0 amide bonds. The van der Waals surface area contributed by atoms with Gasteiger partial charge in [-0.2, -0.15) is 0 Å². The molecule has 0 spiro atoms. The van der Waals surface area contributed by atoms with Gasteiger partial charge in [0.25, 0.3) is 0 Å². The summed E-state index contributed by atoms with van der Waals surface area (Å²) in [6, 6.07) is 38.3. The fourth-order valence-electron chi connectivity index (χ4n) is 6.35. The van der Waals surface area contributed by atoms with E-state index in [2.05, 4.69) is 133 Å². The Morgan fingerprint density at radius 3 is 2.23 bits per heavy atom. The van der Waals surface area contributed by atoms with Crippen LogP contribution in [0.1, 0.15) is 42.0 Å². The second-order valence-electron chi connectivity index (χ2n) is 11.0. The summed E-state index contributed by atoms with van der Waals surface area (Å²) >= 11 is 0. The van der Waals surface area contributed by atoms with Crippen molar-refractivity contribution in [3.8, 4) is 5.69 Å². The van der Waals surface area contributed by atoms with Crippen LogP contribution in [0.25, 0.3) is 55.4 Å². The van der Waals surface area contributed by atoms with E-state index in [0.29, 0.717) is 0 Å². The van der Waals surface area contributed by atoms with Gasteiger partial charge in [-0.1, -0.05) is 98.3 Å². The van der Waals surface area contributed by atoms with Crippen LogP contribution in [0.4, 0.5) is 0 Å². The number of hydrogen-bond donors (Lipinski definition) is 0. The second-order valence-corrected chi connectivity index (χ2v) is 11.0. The molecule has 0 bridgehead atoms. The van der Waals surface area contributed by atoms with Crippen molar-refractivity contribution < 1.29 is 0 Å². The fourth-order valence-corrected chi connectivity index (χ4v) is 6.35. The van der Waals surface area contributed by atoms with Gasteiger partial charge in [0.15, 0.2) is 0 Å². The molecule has 0 aliphatic carbocycles. The SMILES string of the molecule is C=Cc1ccc(Cn2c3ccc(C)cc3c3ccc4c(c5ccc(CCCC)cc5n4-c4ccccc4)c32)cc1. The molecule has 0 unspecified atom stereocenters.